The van der Waals surface area contributed by atoms with Gasteiger partial charge >= 0.3 is 0 Å². The van der Waals surface area contributed by atoms with Crippen LogP contribution in [0.4, 0.5) is 5.13 Å². The average molecular weight is 308 g/mol. The highest BCUT2D eigenvalue weighted by molar-refractivity contribution is 7.15. The predicted octanol–water partition coefficient (Wildman–Crippen LogP) is 4.29. The number of aromatic nitrogens is 1. The van der Waals surface area contributed by atoms with Crippen molar-refractivity contribution >= 4 is 16.5 Å². The van der Waals surface area contributed by atoms with E-state index in [1.54, 1.807) is 0 Å². The number of nitrogens with zero attached hydrogens (tertiary/aromatic N) is 2. The van der Waals surface area contributed by atoms with Crippen LogP contribution in [0.2, 0.25) is 0 Å². The maximum absolute atomic E-state index is 5.06. The standard InChI is InChI=1S/C17H29N3S/c1-5-12(2)15-14(11-18-13-7-8-13)21-16(19-15)20-10-6-9-17(20,3)4/h12-13,18H,5-11H2,1-4H3. The van der Waals surface area contributed by atoms with Gasteiger partial charge in [-0.1, -0.05) is 13.8 Å². The van der Waals surface area contributed by atoms with Crippen molar-refractivity contribution in [1.82, 2.24) is 10.3 Å². The van der Waals surface area contributed by atoms with Crippen LogP contribution in [-0.4, -0.2) is 23.1 Å². The van der Waals surface area contributed by atoms with Crippen LogP contribution >= 0.6 is 11.3 Å². The zero-order valence-corrected chi connectivity index (χ0v) is 14.7. The smallest absolute Gasteiger partial charge is 0.186 e. The molecule has 2 aliphatic rings. The SMILES string of the molecule is CCC(C)c1nc(N2CCCC2(C)C)sc1CNC1CC1. The van der Waals surface area contributed by atoms with Gasteiger partial charge in [-0.05, 0) is 51.9 Å². The summed E-state index contributed by atoms with van der Waals surface area (Å²) >= 11 is 1.92. The number of nitrogens with one attached hydrogen (secondary N) is 1. The van der Waals surface area contributed by atoms with Crippen LogP contribution in [0.25, 0.3) is 0 Å². The minimum Gasteiger partial charge on any atom is -0.343 e. The van der Waals surface area contributed by atoms with Gasteiger partial charge in [-0.3, -0.25) is 0 Å². The molecule has 3 nitrogen and oxygen atoms in total. The van der Waals surface area contributed by atoms with Crippen molar-refractivity contribution in [2.75, 3.05) is 11.4 Å². The lowest BCUT2D eigenvalue weighted by molar-refractivity contribution is 0.516. The molecule has 1 aromatic heterocycles. The summed E-state index contributed by atoms with van der Waals surface area (Å²) in [5.74, 6) is 0.566. The van der Waals surface area contributed by atoms with E-state index >= 15 is 0 Å². The van der Waals surface area contributed by atoms with E-state index < -0.39 is 0 Å². The van der Waals surface area contributed by atoms with Gasteiger partial charge in [0.1, 0.15) is 0 Å². The highest BCUT2D eigenvalue weighted by Crippen LogP contribution is 2.39. The largest absolute Gasteiger partial charge is 0.343 e. The first-order valence-corrected chi connectivity index (χ1v) is 9.33. The minimum atomic E-state index is 0.270. The molecule has 118 valence electrons. The Morgan fingerprint density at radius 1 is 1.43 bits per heavy atom. The molecule has 2 heterocycles. The van der Waals surface area contributed by atoms with Crippen LogP contribution in [0.3, 0.4) is 0 Å². The summed E-state index contributed by atoms with van der Waals surface area (Å²) in [7, 11) is 0. The lowest BCUT2D eigenvalue weighted by atomic mass is 10.0. The van der Waals surface area contributed by atoms with Gasteiger partial charge in [-0.2, -0.15) is 0 Å². The van der Waals surface area contributed by atoms with Crippen LogP contribution in [-0.2, 0) is 6.54 Å². The molecule has 21 heavy (non-hydrogen) atoms. The molecule has 0 amide bonds. The Hall–Kier alpha value is -0.610. The van der Waals surface area contributed by atoms with Gasteiger partial charge < -0.3 is 10.2 Å². The lowest BCUT2D eigenvalue weighted by Crippen LogP contribution is -2.38. The summed E-state index contributed by atoms with van der Waals surface area (Å²) in [6, 6.07) is 0.767. The fourth-order valence-corrected chi connectivity index (χ4v) is 4.48. The number of thiazole rings is 1. The topological polar surface area (TPSA) is 28.2 Å². The Balaban J connectivity index is 1.83. The Morgan fingerprint density at radius 3 is 2.76 bits per heavy atom. The van der Waals surface area contributed by atoms with Gasteiger partial charge in [-0.25, -0.2) is 4.98 Å². The first kappa shape index (κ1) is 15.3. The molecule has 1 aromatic rings. The Bertz CT molecular complexity index is 490. The van der Waals surface area contributed by atoms with Crippen molar-refractivity contribution in [3.63, 3.8) is 0 Å². The van der Waals surface area contributed by atoms with Gasteiger partial charge in [0.2, 0.25) is 0 Å². The van der Waals surface area contributed by atoms with E-state index in [-0.39, 0.29) is 5.54 Å². The number of anilines is 1. The van der Waals surface area contributed by atoms with Gasteiger partial charge in [0, 0.05) is 29.5 Å². The number of hydrogen-bond donors (Lipinski definition) is 1. The van der Waals surface area contributed by atoms with Crippen molar-refractivity contribution in [1.29, 1.82) is 0 Å². The third kappa shape index (κ3) is 3.26. The highest BCUT2D eigenvalue weighted by atomic mass is 32.1. The van der Waals surface area contributed by atoms with Gasteiger partial charge in [0.15, 0.2) is 5.13 Å². The van der Waals surface area contributed by atoms with Crippen molar-refractivity contribution in [2.45, 2.75) is 83.8 Å². The quantitative estimate of drug-likeness (QED) is 0.850. The van der Waals surface area contributed by atoms with Gasteiger partial charge in [0.25, 0.3) is 0 Å². The van der Waals surface area contributed by atoms with E-state index in [9.17, 15) is 0 Å². The van der Waals surface area contributed by atoms with E-state index in [1.807, 2.05) is 11.3 Å². The minimum absolute atomic E-state index is 0.270. The third-order valence-electron chi connectivity index (χ3n) is 5.06. The molecule has 2 fully saturated rings. The van der Waals surface area contributed by atoms with E-state index in [4.69, 9.17) is 4.98 Å². The van der Waals surface area contributed by atoms with Crippen LogP contribution in [0.1, 0.15) is 76.3 Å². The summed E-state index contributed by atoms with van der Waals surface area (Å²) in [5.41, 5.74) is 1.61. The molecular formula is C17H29N3S. The normalized spacial score (nSPS) is 22.8. The maximum Gasteiger partial charge on any atom is 0.186 e. The highest BCUT2D eigenvalue weighted by Gasteiger charge is 2.34. The van der Waals surface area contributed by atoms with E-state index in [0.29, 0.717) is 5.92 Å². The molecule has 1 aliphatic heterocycles. The first-order chi connectivity index (χ1) is 10.0. The molecule has 1 atom stereocenters. The molecule has 1 unspecified atom stereocenters. The summed E-state index contributed by atoms with van der Waals surface area (Å²) in [6.07, 6.45) is 6.44. The first-order valence-electron chi connectivity index (χ1n) is 8.52. The predicted molar refractivity (Wildman–Crippen MR) is 91.3 cm³/mol. The van der Waals surface area contributed by atoms with Crippen LogP contribution in [0.5, 0.6) is 0 Å². The summed E-state index contributed by atoms with van der Waals surface area (Å²) in [6.45, 7) is 11.5. The van der Waals surface area contributed by atoms with Gasteiger partial charge in [0.05, 0.1) is 5.69 Å². The summed E-state index contributed by atoms with van der Waals surface area (Å²) < 4.78 is 0. The number of rotatable bonds is 6. The average Bonchev–Trinajstić information content (AvgIpc) is 3.08. The Labute approximate surface area is 133 Å². The maximum atomic E-state index is 5.06. The second-order valence-electron chi connectivity index (χ2n) is 7.34. The fourth-order valence-electron chi connectivity index (χ4n) is 3.16. The van der Waals surface area contributed by atoms with Crippen molar-refractivity contribution in [2.24, 2.45) is 0 Å². The van der Waals surface area contributed by atoms with Crippen LogP contribution in [0.15, 0.2) is 0 Å². The molecule has 0 aromatic carbocycles. The van der Waals surface area contributed by atoms with Crippen molar-refractivity contribution < 1.29 is 0 Å². The third-order valence-corrected chi connectivity index (χ3v) is 6.15. The molecule has 0 spiro atoms. The lowest BCUT2D eigenvalue weighted by Gasteiger charge is -2.31. The van der Waals surface area contributed by atoms with E-state index in [0.717, 1.165) is 19.1 Å². The van der Waals surface area contributed by atoms with Crippen molar-refractivity contribution in [3.8, 4) is 0 Å². The van der Waals surface area contributed by atoms with Crippen molar-refractivity contribution in [3.05, 3.63) is 10.6 Å². The molecule has 0 radical (unpaired) electrons. The second-order valence-corrected chi connectivity index (χ2v) is 8.40. The molecule has 1 saturated heterocycles. The Morgan fingerprint density at radius 2 is 2.19 bits per heavy atom. The molecule has 4 heteroatoms. The molecule has 1 saturated carbocycles. The van der Waals surface area contributed by atoms with E-state index in [1.165, 1.54) is 47.8 Å². The fraction of sp³-hybridized carbons (Fsp3) is 0.824. The molecule has 0 bridgehead atoms. The zero-order chi connectivity index (χ0) is 15.0. The zero-order valence-electron chi connectivity index (χ0n) is 13.9. The second kappa shape index (κ2) is 5.88. The molecule has 1 aliphatic carbocycles. The molecular weight excluding hydrogens is 278 g/mol. The van der Waals surface area contributed by atoms with Crippen LogP contribution < -0.4 is 10.2 Å². The summed E-state index contributed by atoms with van der Waals surface area (Å²) in [4.78, 5) is 9.06. The molecule has 3 rings (SSSR count). The summed E-state index contributed by atoms with van der Waals surface area (Å²) in [5, 5.41) is 4.92. The van der Waals surface area contributed by atoms with E-state index in [2.05, 4.69) is 37.9 Å². The number of hydrogen-bond acceptors (Lipinski definition) is 4. The van der Waals surface area contributed by atoms with Gasteiger partial charge in [-0.15, -0.1) is 11.3 Å². The van der Waals surface area contributed by atoms with Crippen LogP contribution in [0, 0.1) is 0 Å². The Kier molecular flexibility index (Phi) is 4.28. The monoisotopic (exact) mass is 307 g/mol. The molecule has 1 N–H and O–H groups in total.